The first-order valence-corrected chi connectivity index (χ1v) is 8.96. The second kappa shape index (κ2) is 7.27. The quantitative estimate of drug-likeness (QED) is 0.705. The number of amides is 1. The van der Waals surface area contributed by atoms with Crippen LogP contribution in [0.4, 0.5) is 5.69 Å². The van der Waals surface area contributed by atoms with Crippen molar-refractivity contribution in [3.05, 3.63) is 63.6 Å². The molecule has 0 spiro atoms. The van der Waals surface area contributed by atoms with Gasteiger partial charge in [0.25, 0.3) is 5.56 Å². The summed E-state index contributed by atoms with van der Waals surface area (Å²) in [6.45, 7) is 5.31. The van der Waals surface area contributed by atoms with Gasteiger partial charge in [-0.3, -0.25) is 9.59 Å². The summed E-state index contributed by atoms with van der Waals surface area (Å²) in [6.07, 6.45) is 3.68. The van der Waals surface area contributed by atoms with Crippen LogP contribution in [-0.4, -0.2) is 15.0 Å². The van der Waals surface area contributed by atoms with Crippen LogP contribution in [0.15, 0.2) is 58.1 Å². The molecular formula is C19H20BrN3O2. The third-order valence-electron chi connectivity index (χ3n) is 3.88. The molecule has 1 amide bonds. The lowest BCUT2D eigenvalue weighted by Gasteiger charge is -2.10. The minimum absolute atomic E-state index is 0.0231. The molecule has 130 valence electrons. The molecule has 0 aliphatic carbocycles. The van der Waals surface area contributed by atoms with Gasteiger partial charge in [0.15, 0.2) is 0 Å². The maximum absolute atomic E-state index is 12.2. The van der Waals surface area contributed by atoms with E-state index in [0.717, 1.165) is 27.6 Å². The Hall–Kier alpha value is -2.34. The van der Waals surface area contributed by atoms with Crippen LogP contribution in [0.25, 0.3) is 10.9 Å². The summed E-state index contributed by atoms with van der Waals surface area (Å²) in [5.41, 5.74) is 1.66. The number of halogens is 1. The van der Waals surface area contributed by atoms with Gasteiger partial charge in [0, 0.05) is 46.1 Å². The SMILES string of the molecule is CC(C)Cn1ccc2cc(NC(=O)Cn3cc(Br)ccc3=O)ccc21. The van der Waals surface area contributed by atoms with Crippen molar-refractivity contribution in [1.29, 1.82) is 0 Å². The molecule has 3 aromatic rings. The Labute approximate surface area is 154 Å². The Balaban J connectivity index is 1.75. The Morgan fingerprint density at radius 1 is 1.16 bits per heavy atom. The third-order valence-corrected chi connectivity index (χ3v) is 4.35. The molecule has 0 saturated heterocycles. The second-order valence-corrected chi connectivity index (χ2v) is 7.41. The van der Waals surface area contributed by atoms with E-state index in [2.05, 4.69) is 45.9 Å². The Kier molecular flexibility index (Phi) is 5.08. The number of aromatic nitrogens is 2. The van der Waals surface area contributed by atoms with E-state index >= 15 is 0 Å². The number of fused-ring (bicyclic) bond motifs is 1. The first-order chi connectivity index (χ1) is 11.9. The second-order valence-electron chi connectivity index (χ2n) is 6.50. The summed E-state index contributed by atoms with van der Waals surface area (Å²) < 4.78 is 4.34. The highest BCUT2D eigenvalue weighted by molar-refractivity contribution is 9.10. The highest BCUT2D eigenvalue weighted by Crippen LogP contribution is 2.21. The van der Waals surface area contributed by atoms with Crippen molar-refractivity contribution in [2.24, 2.45) is 5.92 Å². The van der Waals surface area contributed by atoms with Crippen molar-refractivity contribution in [3.8, 4) is 0 Å². The van der Waals surface area contributed by atoms with E-state index in [-0.39, 0.29) is 18.0 Å². The summed E-state index contributed by atoms with van der Waals surface area (Å²) in [5.74, 6) is 0.333. The van der Waals surface area contributed by atoms with Crippen molar-refractivity contribution >= 4 is 38.4 Å². The maximum Gasteiger partial charge on any atom is 0.251 e. The van der Waals surface area contributed by atoms with Crippen LogP contribution < -0.4 is 10.9 Å². The molecule has 0 unspecified atom stereocenters. The molecule has 0 saturated carbocycles. The summed E-state index contributed by atoms with van der Waals surface area (Å²) in [7, 11) is 0. The van der Waals surface area contributed by atoms with Gasteiger partial charge in [0.05, 0.1) is 0 Å². The van der Waals surface area contributed by atoms with Gasteiger partial charge in [-0.1, -0.05) is 13.8 Å². The van der Waals surface area contributed by atoms with Gasteiger partial charge in [-0.05, 0) is 52.2 Å². The van der Waals surface area contributed by atoms with Gasteiger partial charge in [-0.15, -0.1) is 0 Å². The van der Waals surface area contributed by atoms with Gasteiger partial charge in [-0.25, -0.2) is 0 Å². The zero-order valence-corrected chi connectivity index (χ0v) is 15.8. The Bertz CT molecular complexity index is 972. The molecule has 1 aromatic carbocycles. The minimum atomic E-state index is -0.235. The van der Waals surface area contributed by atoms with E-state index in [1.54, 1.807) is 12.3 Å². The van der Waals surface area contributed by atoms with Gasteiger partial charge < -0.3 is 14.5 Å². The molecule has 0 aliphatic heterocycles. The van der Waals surface area contributed by atoms with E-state index in [9.17, 15) is 9.59 Å². The zero-order chi connectivity index (χ0) is 18.0. The molecule has 3 rings (SSSR count). The van der Waals surface area contributed by atoms with Crippen molar-refractivity contribution in [2.75, 3.05) is 5.32 Å². The topological polar surface area (TPSA) is 56.0 Å². The van der Waals surface area contributed by atoms with Crippen LogP contribution in [-0.2, 0) is 17.9 Å². The molecule has 25 heavy (non-hydrogen) atoms. The highest BCUT2D eigenvalue weighted by atomic mass is 79.9. The number of carbonyl (C=O) groups is 1. The summed E-state index contributed by atoms with van der Waals surface area (Å²) in [5, 5.41) is 3.94. The van der Waals surface area contributed by atoms with E-state index in [1.165, 1.54) is 10.6 Å². The van der Waals surface area contributed by atoms with Gasteiger partial charge in [0.2, 0.25) is 5.91 Å². The van der Waals surface area contributed by atoms with Crippen LogP contribution in [0, 0.1) is 5.92 Å². The van der Waals surface area contributed by atoms with Crippen molar-refractivity contribution in [3.63, 3.8) is 0 Å². The normalized spacial score (nSPS) is 11.2. The molecule has 0 aliphatic rings. The number of nitrogens with zero attached hydrogens (tertiary/aromatic N) is 2. The largest absolute Gasteiger partial charge is 0.347 e. The van der Waals surface area contributed by atoms with Gasteiger partial charge in [0.1, 0.15) is 6.54 Å². The number of hydrogen-bond donors (Lipinski definition) is 1. The monoisotopic (exact) mass is 401 g/mol. The molecule has 0 fully saturated rings. The van der Waals surface area contributed by atoms with E-state index < -0.39 is 0 Å². The van der Waals surface area contributed by atoms with Crippen LogP contribution in [0.3, 0.4) is 0 Å². The molecule has 1 N–H and O–H groups in total. The maximum atomic E-state index is 12.2. The molecule has 0 radical (unpaired) electrons. The fourth-order valence-electron chi connectivity index (χ4n) is 2.81. The van der Waals surface area contributed by atoms with E-state index in [4.69, 9.17) is 0 Å². The summed E-state index contributed by atoms with van der Waals surface area (Å²) in [4.78, 5) is 24.0. The molecule has 5 nitrogen and oxygen atoms in total. The standard InChI is InChI=1S/C19H20BrN3O2/c1-13(2)10-22-8-7-14-9-16(4-5-17(14)22)21-18(24)12-23-11-15(20)3-6-19(23)25/h3-9,11,13H,10,12H2,1-2H3,(H,21,24). The van der Waals surface area contributed by atoms with Crippen molar-refractivity contribution in [2.45, 2.75) is 26.9 Å². The van der Waals surface area contributed by atoms with Crippen LogP contribution >= 0.6 is 15.9 Å². The summed E-state index contributed by atoms with van der Waals surface area (Å²) >= 11 is 3.31. The number of hydrogen-bond acceptors (Lipinski definition) is 2. The zero-order valence-electron chi connectivity index (χ0n) is 14.2. The lowest BCUT2D eigenvalue weighted by Crippen LogP contribution is -2.26. The number of benzene rings is 1. The van der Waals surface area contributed by atoms with E-state index in [0.29, 0.717) is 5.92 Å². The number of nitrogens with one attached hydrogen (secondary N) is 1. The molecule has 2 aromatic heterocycles. The number of carbonyl (C=O) groups excluding carboxylic acids is 1. The molecular weight excluding hydrogens is 382 g/mol. The fraction of sp³-hybridized carbons (Fsp3) is 0.263. The summed E-state index contributed by atoms with van der Waals surface area (Å²) in [6, 6.07) is 11.0. The van der Waals surface area contributed by atoms with Crippen molar-refractivity contribution in [1.82, 2.24) is 9.13 Å². The van der Waals surface area contributed by atoms with E-state index in [1.807, 2.05) is 24.3 Å². The fourth-order valence-corrected chi connectivity index (χ4v) is 3.19. The van der Waals surface area contributed by atoms with Gasteiger partial charge >= 0.3 is 0 Å². The molecule has 6 heteroatoms. The molecule has 0 atom stereocenters. The number of anilines is 1. The van der Waals surface area contributed by atoms with Crippen LogP contribution in [0.2, 0.25) is 0 Å². The predicted octanol–water partition coefficient (Wildman–Crippen LogP) is 3.86. The van der Waals surface area contributed by atoms with Crippen molar-refractivity contribution < 1.29 is 4.79 Å². The first-order valence-electron chi connectivity index (χ1n) is 8.17. The lowest BCUT2D eigenvalue weighted by atomic mass is 10.2. The average molecular weight is 402 g/mol. The number of rotatable bonds is 5. The Morgan fingerprint density at radius 2 is 1.96 bits per heavy atom. The van der Waals surface area contributed by atoms with Crippen LogP contribution in [0.5, 0.6) is 0 Å². The Morgan fingerprint density at radius 3 is 2.72 bits per heavy atom. The smallest absolute Gasteiger partial charge is 0.251 e. The lowest BCUT2D eigenvalue weighted by molar-refractivity contribution is -0.116. The average Bonchev–Trinajstić information content (AvgIpc) is 2.92. The third kappa shape index (κ3) is 4.20. The first kappa shape index (κ1) is 17.5. The van der Waals surface area contributed by atoms with Crippen LogP contribution in [0.1, 0.15) is 13.8 Å². The molecule has 0 bridgehead atoms. The predicted molar refractivity (Wildman–Crippen MR) is 104 cm³/mol. The number of pyridine rings is 1. The molecule has 2 heterocycles. The minimum Gasteiger partial charge on any atom is -0.347 e. The van der Waals surface area contributed by atoms with Gasteiger partial charge in [-0.2, -0.15) is 0 Å². The highest BCUT2D eigenvalue weighted by Gasteiger charge is 2.08.